The summed E-state index contributed by atoms with van der Waals surface area (Å²) in [7, 11) is 0. The van der Waals surface area contributed by atoms with Crippen LogP contribution in [0.1, 0.15) is 58.3 Å². The van der Waals surface area contributed by atoms with Crippen LogP contribution in [-0.2, 0) is 4.79 Å². The molecule has 2 fully saturated rings. The maximum absolute atomic E-state index is 12.0. The number of allylic oxidation sites excluding steroid dienone is 1. The molecule has 3 nitrogen and oxygen atoms in total. The standard InChI is InChI=1S/C19H30O3/c1-3-4-5-6-8-14(20)9-7-10-15-16-11-13(2)19(22)17(16)12-18(15)21/h7,10,14-18,20-21H,2-6,8-9,11-12H2,1H3/t14?,15-,16-,17-,18+/m0/s1. The fourth-order valence-electron chi connectivity index (χ4n) is 3.96. The third-order valence-electron chi connectivity index (χ3n) is 5.28. The van der Waals surface area contributed by atoms with Crippen LogP contribution in [0.2, 0.25) is 0 Å². The summed E-state index contributed by atoms with van der Waals surface area (Å²) in [6.45, 7) is 6.02. The Balaban J connectivity index is 1.78. The minimum atomic E-state index is -0.426. The molecule has 0 aromatic carbocycles. The third kappa shape index (κ3) is 4.08. The lowest BCUT2D eigenvalue weighted by molar-refractivity contribution is -0.118. The largest absolute Gasteiger partial charge is 0.393 e. The van der Waals surface area contributed by atoms with Gasteiger partial charge in [0.15, 0.2) is 5.78 Å². The summed E-state index contributed by atoms with van der Waals surface area (Å²) in [5.74, 6) is 0.375. The molecule has 0 spiro atoms. The molecular weight excluding hydrogens is 276 g/mol. The topological polar surface area (TPSA) is 57.5 Å². The molecular formula is C19H30O3. The van der Waals surface area contributed by atoms with Crippen molar-refractivity contribution in [3.8, 4) is 0 Å². The van der Waals surface area contributed by atoms with E-state index in [0.717, 1.165) is 24.8 Å². The van der Waals surface area contributed by atoms with E-state index < -0.39 is 6.10 Å². The zero-order valence-corrected chi connectivity index (χ0v) is 13.7. The third-order valence-corrected chi connectivity index (χ3v) is 5.28. The van der Waals surface area contributed by atoms with Crippen LogP contribution in [0.25, 0.3) is 0 Å². The number of carbonyl (C=O) groups excluding carboxylic acids is 1. The van der Waals surface area contributed by atoms with Crippen LogP contribution in [0.4, 0.5) is 0 Å². The molecule has 1 unspecified atom stereocenters. The van der Waals surface area contributed by atoms with Crippen LogP contribution in [0.15, 0.2) is 24.3 Å². The van der Waals surface area contributed by atoms with Gasteiger partial charge >= 0.3 is 0 Å². The van der Waals surface area contributed by atoms with Crippen molar-refractivity contribution < 1.29 is 15.0 Å². The maximum atomic E-state index is 12.0. The SMILES string of the molecule is C=C1C[C@H]2[C@H](C=CCC(O)CCCCCC)[C@H](O)C[C@@H]2C1=O. The number of fused-ring (bicyclic) bond motifs is 1. The van der Waals surface area contributed by atoms with E-state index in [1.165, 1.54) is 19.3 Å². The second-order valence-electron chi connectivity index (χ2n) is 6.99. The van der Waals surface area contributed by atoms with Crippen LogP contribution in [0.5, 0.6) is 0 Å². The van der Waals surface area contributed by atoms with E-state index in [0.29, 0.717) is 12.8 Å². The average molecular weight is 306 g/mol. The van der Waals surface area contributed by atoms with Crippen LogP contribution in [0, 0.1) is 17.8 Å². The maximum Gasteiger partial charge on any atom is 0.161 e. The molecule has 0 radical (unpaired) electrons. The molecule has 0 aromatic heterocycles. The molecule has 2 rings (SSSR count). The van der Waals surface area contributed by atoms with E-state index in [-0.39, 0.29) is 29.6 Å². The van der Waals surface area contributed by atoms with E-state index in [1.807, 2.05) is 12.2 Å². The van der Waals surface area contributed by atoms with E-state index >= 15 is 0 Å². The number of carbonyl (C=O) groups is 1. The number of Topliss-reactive ketones (excluding diaryl/α,β-unsaturated/α-hetero) is 1. The van der Waals surface area contributed by atoms with Gasteiger partial charge in [0, 0.05) is 11.8 Å². The van der Waals surface area contributed by atoms with Crippen molar-refractivity contribution in [2.24, 2.45) is 17.8 Å². The van der Waals surface area contributed by atoms with Crippen molar-refractivity contribution in [1.82, 2.24) is 0 Å². The molecule has 2 saturated carbocycles. The first-order valence-corrected chi connectivity index (χ1v) is 8.79. The Morgan fingerprint density at radius 2 is 2.14 bits per heavy atom. The molecule has 0 aromatic rings. The molecule has 0 amide bonds. The monoisotopic (exact) mass is 306 g/mol. The fraction of sp³-hybridized carbons (Fsp3) is 0.737. The predicted octanol–water partition coefficient (Wildman–Crippen LogP) is 3.41. The van der Waals surface area contributed by atoms with Gasteiger partial charge < -0.3 is 10.2 Å². The zero-order chi connectivity index (χ0) is 16.1. The first-order valence-electron chi connectivity index (χ1n) is 8.79. The Hall–Kier alpha value is -0.930. The van der Waals surface area contributed by atoms with Crippen LogP contribution in [-0.4, -0.2) is 28.2 Å². The highest BCUT2D eigenvalue weighted by Gasteiger charge is 2.49. The quantitative estimate of drug-likeness (QED) is 0.410. The summed E-state index contributed by atoms with van der Waals surface area (Å²) in [5.41, 5.74) is 0.719. The minimum absolute atomic E-state index is 0.0314. The lowest BCUT2D eigenvalue weighted by Crippen LogP contribution is -2.16. The second kappa shape index (κ2) is 8.07. The van der Waals surface area contributed by atoms with Crippen molar-refractivity contribution in [3.05, 3.63) is 24.3 Å². The summed E-state index contributed by atoms with van der Waals surface area (Å²) in [6.07, 6.45) is 10.8. The first kappa shape index (κ1) is 17.4. The van der Waals surface area contributed by atoms with Crippen molar-refractivity contribution in [3.63, 3.8) is 0 Å². The normalized spacial score (nSPS) is 32.9. The smallest absolute Gasteiger partial charge is 0.161 e. The van der Waals surface area contributed by atoms with Gasteiger partial charge in [-0.05, 0) is 37.2 Å². The molecule has 2 N–H and O–H groups in total. The molecule has 3 heteroatoms. The fourth-order valence-corrected chi connectivity index (χ4v) is 3.96. The van der Waals surface area contributed by atoms with Gasteiger partial charge in [0.05, 0.1) is 12.2 Å². The summed E-state index contributed by atoms with van der Waals surface area (Å²) < 4.78 is 0. The van der Waals surface area contributed by atoms with Gasteiger partial charge in [-0.15, -0.1) is 0 Å². The van der Waals surface area contributed by atoms with Crippen molar-refractivity contribution in [1.29, 1.82) is 0 Å². The number of rotatable bonds is 8. The first-order chi connectivity index (χ1) is 10.5. The van der Waals surface area contributed by atoms with Gasteiger partial charge in [0.25, 0.3) is 0 Å². The van der Waals surface area contributed by atoms with E-state index in [4.69, 9.17) is 0 Å². The number of hydrogen-bond acceptors (Lipinski definition) is 3. The van der Waals surface area contributed by atoms with Gasteiger partial charge in [0.1, 0.15) is 0 Å². The Morgan fingerprint density at radius 3 is 2.86 bits per heavy atom. The van der Waals surface area contributed by atoms with Gasteiger partial charge in [-0.25, -0.2) is 0 Å². The Kier molecular flexibility index (Phi) is 6.39. The number of ketones is 1. The van der Waals surface area contributed by atoms with Gasteiger partial charge in [-0.2, -0.15) is 0 Å². The lowest BCUT2D eigenvalue weighted by Gasteiger charge is -2.16. The second-order valence-corrected chi connectivity index (χ2v) is 6.99. The molecule has 0 heterocycles. The Labute approximate surface area is 134 Å². The minimum Gasteiger partial charge on any atom is -0.393 e. The highest BCUT2D eigenvalue weighted by molar-refractivity contribution is 5.99. The summed E-state index contributed by atoms with van der Waals surface area (Å²) in [6, 6.07) is 0. The van der Waals surface area contributed by atoms with E-state index in [2.05, 4.69) is 13.5 Å². The van der Waals surface area contributed by atoms with Crippen molar-refractivity contribution >= 4 is 5.78 Å². The molecule has 22 heavy (non-hydrogen) atoms. The zero-order valence-electron chi connectivity index (χ0n) is 13.7. The highest BCUT2D eigenvalue weighted by atomic mass is 16.3. The number of unbranched alkanes of at least 4 members (excludes halogenated alkanes) is 3. The highest BCUT2D eigenvalue weighted by Crippen LogP contribution is 2.48. The lowest BCUT2D eigenvalue weighted by atomic mass is 9.90. The summed E-state index contributed by atoms with van der Waals surface area (Å²) in [4.78, 5) is 12.0. The van der Waals surface area contributed by atoms with Crippen LogP contribution >= 0.6 is 0 Å². The molecule has 2 aliphatic carbocycles. The molecule has 124 valence electrons. The van der Waals surface area contributed by atoms with Gasteiger partial charge in [-0.3, -0.25) is 4.79 Å². The van der Waals surface area contributed by atoms with Crippen molar-refractivity contribution in [2.45, 2.75) is 70.5 Å². The number of aliphatic hydroxyl groups is 2. The Bertz CT molecular complexity index is 426. The van der Waals surface area contributed by atoms with Crippen LogP contribution < -0.4 is 0 Å². The van der Waals surface area contributed by atoms with Crippen LogP contribution in [0.3, 0.4) is 0 Å². The van der Waals surface area contributed by atoms with Crippen molar-refractivity contribution in [2.75, 3.05) is 0 Å². The molecule has 5 atom stereocenters. The average Bonchev–Trinajstić information content (AvgIpc) is 2.93. The molecule has 0 saturated heterocycles. The molecule has 0 bridgehead atoms. The molecule has 2 aliphatic rings. The van der Waals surface area contributed by atoms with E-state index in [9.17, 15) is 15.0 Å². The van der Waals surface area contributed by atoms with Gasteiger partial charge in [0.2, 0.25) is 0 Å². The predicted molar refractivity (Wildman–Crippen MR) is 88.4 cm³/mol. The number of aliphatic hydroxyl groups excluding tert-OH is 2. The molecule has 0 aliphatic heterocycles. The summed E-state index contributed by atoms with van der Waals surface area (Å²) in [5, 5.41) is 20.1. The Morgan fingerprint density at radius 1 is 1.36 bits per heavy atom. The van der Waals surface area contributed by atoms with Gasteiger partial charge in [-0.1, -0.05) is 51.3 Å². The van der Waals surface area contributed by atoms with E-state index in [1.54, 1.807) is 0 Å². The number of hydrogen-bond donors (Lipinski definition) is 2. The summed E-state index contributed by atoms with van der Waals surface area (Å²) >= 11 is 0.